The van der Waals surface area contributed by atoms with E-state index < -0.39 is 0 Å². The van der Waals surface area contributed by atoms with Crippen molar-refractivity contribution >= 4 is 23.4 Å². The SMILES string of the molecule is Clc1ccccc1CCSC1CCNCC1. The molecule has 1 aromatic rings. The summed E-state index contributed by atoms with van der Waals surface area (Å²) in [5.41, 5.74) is 1.28. The Balaban J connectivity index is 1.73. The van der Waals surface area contributed by atoms with E-state index in [2.05, 4.69) is 29.2 Å². The Morgan fingerprint density at radius 3 is 2.75 bits per heavy atom. The molecule has 0 amide bonds. The fourth-order valence-electron chi connectivity index (χ4n) is 2.00. The second kappa shape index (κ2) is 6.53. The Morgan fingerprint density at radius 1 is 1.25 bits per heavy atom. The minimum atomic E-state index is 0.851. The predicted octanol–water partition coefficient (Wildman–Crippen LogP) is 3.37. The number of rotatable bonds is 4. The summed E-state index contributed by atoms with van der Waals surface area (Å²) in [7, 11) is 0. The summed E-state index contributed by atoms with van der Waals surface area (Å²) in [6.07, 6.45) is 3.72. The number of halogens is 1. The maximum atomic E-state index is 6.13. The number of hydrogen-bond donors (Lipinski definition) is 1. The minimum absolute atomic E-state index is 0.851. The number of nitrogens with one attached hydrogen (secondary N) is 1. The largest absolute Gasteiger partial charge is 0.317 e. The van der Waals surface area contributed by atoms with Crippen molar-refractivity contribution in [2.45, 2.75) is 24.5 Å². The van der Waals surface area contributed by atoms with Crippen molar-refractivity contribution in [2.24, 2.45) is 0 Å². The first kappa shape index (κ1) is 12.3. The van der Waals surface area contributed by atoms with E-state index in [1.165, 1.54) is 37.2 Å². The molecule has 1 N–H and O–H groups in total. The molecule has 0 spiro atoms. The van der Waals surface area contributed by atoms with Crippen molar-refractivity contribution in [1.82, 2.24) is 5.32 Å². The summed E-state index contributed by atoms with van der Waals surface area (Å²) in [4.78, 5) is 0. The van der Waals surface area contributed by atoms with Crippen molar-refractivity contribution in [2.75, 3.05) is 18.8 Å². The first-order valence-electron chi connectivity index (χ1n) is 5.92. The lowest BCUT2D eigenvalue weighted by molar-refractivity contribution is 0.531. The van der Waals surface area contributed by atoms with Gasteiger partial charge in [0.05, 0.1) is 0 Å². The molecule has 0 aliphatic carbocycles. The first-order chi connectivity index (χ1) is 7.86. The fourth-order valence-corrected chi connectivity index (χ4v) is 3.47. The molecule has 0 unspecified atom stereocenters. The van der Waals surface area contributed by atoms with Gasteiger partial charge in [-0.1, -0.05) is 29.8 Å². The van der Waals surface area contributed by atoms with E-state index in [4.69, 9.17) is 11.6 Å². The Morgan fingerprint density at radius 2 is 2.00 bits per heavy atom. The Kier molecular flexibility index (Phi) is 5.01. The minimum Gasteiger partial charge on any atom is -0.317 e. The second-order valence-corrected chi connectivity index (χ2v) is 5.98. The molecule has 0 aromatic heterocycles. The Bertz CT molecular complexity index is 323. The number of thioether (sulfide) groups is 1. The first-order valence-corrected chi connectivity index (χ1v) is 7.34. The van der Waals surface area contributed by atoms with Crippen LogP contribution in [0.2, 0.25) is 5.02 Å². The van der Waals surface area contributed by atoms with E-state index in [1.54, 1.807) is 0 Å². The molecule has 2 rings (SSSR count). The van der Waals surface area contributed by atoms with Crippen LogP contribution in [-0.2, 0) is 6.42 Å². The van der Waals surface area contributed by atoms with Crippen LogP contribution in [0.25, 0.3) is 0 Å². The summed E-state index contributed by atoms with van der Waals surface area (Å²) in [6, 6.07) is 8.17. The zero-order chi connectivity index (χ0) is 11.2. The highest BCUT2D eigenvalue weighted by Gasteiger charge is 2.12. The van der Waals surface area contributed by atoms with E-state index in [0.29, 0.717) is 0 Å². The predicted molar refractivity (Wildman–Crippen MR) is 73.5 cm³/mol. The number of aryl methyl sites for hydroxylation is 1. The van der Waals surface area contributed by atoms with Gasteiger partial charge < -0.3 is 5.32 Å². The molecule has 1 heterocycles. The molecule has 0 atom stereocenters. The van der Waals surface area contributed by atoms with E-state index in [1.807, 2.05) is 12.1 Å². The van der Waals surface area contributed by atoms with Gasteiger partial charge >= 0.3 is 0 Å². The van der Waals surface area contributed by atoms with Crippen LogP contribution in [0.15, 0.2) is 24.3 Å². The van der Waals surface area contributed by atoms with Gasteiger partial charge in [-0.05, 0) is 49.7 Å². The lowest BCUT2D eigenvalue weighted by Gasteiger charge is -2.22. The smallest absolute Gasteiger partial charge is 0.0438 e. The van der Waals surface area contributed by atoms with Crippen LogP contribution >= 0.6 is 23.4 Å². The highest BCUT2D eigenvalue weighted by Crippen LogP contribution is 2.23. The molecule has 0 saturated carbocycles. The lowest BCUT2D eigenvalue weighted by Crippen LogP contribution is -2.29. The van der Waals surface area contributed by atoms with Crippen LogP contribution in [0.3, 0.4) is 0 Å². The van der Waals surface area contributed by atoms with Crippen molar-refractivity contribution in [1.29, 1.82) is 0 Å². The molecule has 1 saturated heterocycles. The monoisotopic (exact) mass is 255 g/mol. The standard InChI is InChI=1S/C13H18ClNS/c14-13-4-2-1-3-11(13)7-10-16-12-5-8-15-9-6-12/h1-4,12,15H,5-10H2. The summed E-state index contributed by atoms with van der Waals surface area (Å²) in [5.74, 6) is 1.19. The maximum Gasteiger partial charge on any atom is 0.0438 e. The zero-order valence-electron chi connectivity index (χ0n) is 9.42. The molecule has 0 radical (unpaired) electrons. The average molecular weight is 256 g/mol. The molecule has 88 valence electrons. The maximum absolute atomic E-state index is 6.13. The van der Waals surface area contributed by atoms with Gasteiger partial charge in [-0.3, -0.25) is 0 Å². The molecule has 0 bridgehead atoms. The number of hydrogen-bond acceptors (Lipinski definition) is 2. The topological polar surface area (TPSA) is 12.0 Å². The van der Waals surface area contributed by atoms with Crippen LogP contribution in [0.4, 0.5) is 0 Å². The molecule has 3 heteroatoms. The van der Waals surface area contributed by atoms with Gasteiger partial charge in [0.1, 0.15) is 0 Å². The van der Waals surface area contributed by atoms with Crippen LogP contribution < -0.4 is 5.32 Å². The summed E-state index contributed by atoms with van der Waals surface area (Å²) < 4.78 is 0. The van der Waals surface area contributed by atoms with Crippen LogP contribution in [0, 0.1) is 0 Å². The lowest BCUT2D eigenvalue weighted by atomic mass is 10.2. The van der Waals surface area contributed by atoms with Crippen molar-refractivity contribution in [3.8, 4) is 0 Å². The van der Waals surface area contributed by atoms with Gasteiger partial charge in [-0.25, -0.2) is 0 Å². The molecule has 16 heavy (non-hydrogen) atoms. The zero-order valence-corrected chi connectivity index (χ0v) is 11.0. The Labute approximate surface area is 107 Å². The third kappa shape index (κ3) is 3.69. The average Bonchev–Trinajstić information content (AvgIpc) is 2.33. The van der Waals surface area contributed by atoms with Gasteiger partial charge in [0.15, 0.2) is 0 Å². The van der Waals surface area contributed by atoms with Gasteiger partial charge in [0.25, 0.3) is 0 Å². The molecule has 1 nitrogen and oxygen atoms in total. The number of piperidine rings is 1. The molecular formula is C13H18ClNS. The third-order valence-corrected chi connectivity index (χ3v) is 4.72. The summed E-state index contributed by atoms with van der Waals surface area (Å²) >= 11 is 8.23. The Hall–Kier alpha value is -0.180. The van der Waals surface area contributed by atoms with Gasteiger partial charge in [0, 0.05) is 10.3 Å². The van der Waals surface area contributed by atoms with E-state index in [0.717, 1.165) is 16.7 Å². The van der Waals surface area contributed by atoms with Gasteiger partial charge in [-0.15, -0.1) is 0 Å². The van der Waals surface area contributed by atoms with Gasteiger partial charge in [-0.2, -0.15) is 11.8 Å². The third-order valence-electron chi connectivity index (χ3n) is 2.97. The van der Waals surface area contributed by atoms with Crippen LogP contribution in [0.1, 0.15) is 18.4 Å². The highest BCUT2D eigenvalue weighted by molar-refractivity contribution is 7.99. The van der Waals surface area contributed by atoms with Crippen LogP contribution in [-0.4, -0.2) is 24.1 Å². The second-order valence-electron chi connectivity index (χ2n) is 4.16. The highest BCUT2D eigenvalue weighted by atomic mass is 35.5. The fraction of sp³-hybridized carbons (Fsp3) is 0.538. The molecule has 1 aliphatic heterocycles. The van der Waals surface area contributed by atoms with Crippen LogP contribution in [0.5, 0.6) is 0 Å². The molecular weight excluding hydrogens is 238 g/mol. The quantitative estimate of drug-likeness (QED) is 0.886. The van der Waals surface area contributed by atoms with Gasteiger partial charge in [0.2, 0.25) is 0 Å². The van der Waals surface area contributed by atoms with Crippen molar-refractivity contribution < 1.29 is 0 Å². The van der Waals surface area contributed by atoms with Crippen molar-refractivity contribution in [3.05, 3.63) is 34.9 Å². The van der Waals surface area contributed by atoms with E-state index >= 15 is 0 Å². The van der Waals surface area contributed by atoms with E-state index in [-0.39, 0.29) is 0 Å². The summed E-state index contributed by atoms with van der Waals surface area (Å²) in [5, 5.41) is 5.16. The van der Waals surface area contributed by atoms with Crippen molar-refractivity contribution in [3.63, 3.8) is 0 Å². The van der Waals surface area contributed by atoms with E-state index in [9.17, 15) is 0 Å². The number of benzene rings is 1. The normalized spacial score (nSPS) is 17.6. The summed E-state index contributed by atoms with van der Waals surface area (Å²) in [6.45, 7) is 2.37. The molecule has 1 aliphatic rings. The molecule has 1 fully saturated rings. The molecule has 1 aromatic carbocycles.